The molecule has 2 aromatic heterocycles. The average molecular weight is 186 g/mol. The lowest BCUT2D eigenvalue weighted by atomic mass is 10.4. The van der Waals surface area contributed by atoms with Crippen molar-refractivity contribution in [2.45, 2.75) is 0 Å². The number of hydrogen-bond acceptors (Lipinski definition) is 3. The molecule has 0 atom stereocenters. The van der Waals surface area contributed by atoms with Gasteiger partial charge in [0.05, 0.1) is 11.2 Å². The van der Waals surface area contributed by atoms with E-state index in [-0.39, 0.29) is 0 Å². The molecule has 2 rings (SSSR count). The van der Waals surface area contributed by atoms with Gasteiger partial charge >= 0.3 is 0 Å². The standard InChI is InChI=1S/C6H4ClN3S/c7-4-3-9-10-5(4)6-8-1-2-11-6/h1-3H,(H,9,10). The van der Waals surface area contributed by atoms with Crippen LogP contribution < -0.4 is 0 Å². The molecule has 3 nitrogen and oxygen atoms in total. The second-order valence-corrected chi connectivity index (χ2v) is 3.23. The summed E-state index contributed by atoms with van der Waals surface area (Å²) >= 11 is 7.33. The lowest BCUT2D eigenvalue weighted by Crippen LogP contribution is -1.75. The number of rotatable bonds is 1. The minimum Gasteiger partial charge on any atom is -0.274 e. The van der Waals surface area contributed by atoms with Crippen molar-refractivity contribution >= 4 is 22.9 Å². The van der Waals surface area contributed by atoms with Gasteiger partial charge in [-0.1, -0.05) is 11.6 Å². The van der Waals surface area contributed by atoms with Crippen molar-refractivity contribution in [3.8, 4) is 10.7 Å². The molecule has 0 spiro atoms. The first-order chi connectivity index (χ1) is 5.38. The smallest absolute Gasteiger partial charge is 0.142 e. The van der Waals surface area contributed by atoms with Crippen molar-refractivity contribution in [3.05, 3.63) is 22.8 Å². The van der Waals surface area contributed by atoms with Crippen LogP contribution >= 0.6 is 22.9 Å². The van der Waals surface area contributed by atoms with E-state index in [4.69, 9.17) is 11.6 Å². The van der Waals surface area contributed by atoms with Crippen LogP contribution in [-0.2, 0) is 0 Å². The number of aromatic amines is 1. The van der Waals surface area contributed by atoms with E-state index in [1.807, 2.05) is 5.38 Å². The molecule has 0 saturated carbocycles. The Kier molecular flexibility index (Phi) is 1.63. The lowest BCUT2D eigenvalue weighted by molar-refractivity contribution is 1.09. The molecule has 0 unspecified atom stereocenters. The van der Waals surface area contributed by atoms with Crippen molar-refractivity contribution in [2.24, 2.45) is 0 Å². The van der Waals surface area contributed by atoms with Crippen LogP contribution in [0.2, 0.25) is 5.02 Å². The zero-order valence-electron chi connectivity index (χ0n) is 5.41. The summed E-state index contributed by atoms with van der Waals surface area (Å²) in [5.74, 6) is 0. The van der Waals surface area contributed by atoms with Gasteiger partial charge in [0.1, 0.15) is 10.7 Å². The minimum absolute atomic E-state index is 0.611. The molecule has 0 bridgehead atoms. The highest BCUT2D eigenvalue weighted by atomic mass is 35.5. The summed E-state index contributed by atoms with van der Waals surface area (Å²) in [6.45, 7) is 0. The fourth-order valence-electron chi connectivity index (χ4n) is 0.768. The molecule has 56 valence electrons. The van der Waals surface area contributed by atoms with E-state index >= 15 is 0 Å². The number of aromatic nitrogens is 3. The normalized spacial score (nSPS) is 10.3. The summed E-state index contributed by atoms with van der Waals surface area (Å²) in [4.78, 5) is 4.08. The van der Waals surface area contributed by atoms with Gasteiger partial charge < -0.3 is 0 Å². The molecule has 0 aliphatic rings. The highest BCUT2D eigenvalue weighted by molar-refractivity contribution is 7.13. The largest absolute Gasteiger partial charge is 0.274 e. The Morgan fingerprint density at radius 2 is 2.45 bits per heavy atom. The Hall–Kier alpha value is -0.870. The fourth-order valence-corrected chi connectivity index (χ4v) is 1.65. The predicted molar refractivity (Wildman–Crippen MR) is 44.7 cm³/mol. The van der Waals surface area contributed by atoms with Crippen LogP contribution in [-0.4, -0.2) is 15.2 Å². The van der Waals surface area contributed by atoms with Crippen molar-refractivity contribution in [1.29, 1.82) is 0 Å². The molecule has 1 N–H and O–H groups in total. The summed E-state index contributed by atoms with van der Waals surface area (Å²) in [6, 6.07) is 0. The molecule has 2 aromatic rings. The Balaban J connectivity index is 2.53. The van der Waals surface area contributed by atoms with Crippen LogP contribution in [0.4, 0.5) is 0 Å². The average Bonchev–Trinajstić information content (AvgIpc) is 2.55. The number of H-pyrrole nitrogens is 1. The monoisotopic (exact) mass is 185 g/mol. The molecule has 0 amide bonds. The first-order valence-electron chi connectivity index (χ1n) is 2.96. The molecule has 0 aliphatic carbocycles. The molecule has 0 fully saturated rings. The zero-order valence-corrected chi connectivity index (χ0v) is 6.99. The molecular formula is C6H4ClN3S. The highest BCUT2D eigenvalue weighted by Crippen LogP contribution is 2.25. The highest BCUT2D eigenvalue weighted by Gasteiger charge is 2.06. The van der Waals surface area contributed by atoms with Crippen LogP contribution in [0.1, 0.15) is 0 Å². The van der Waals surface area contributed by atoms with E-state index in [0.29, 0.717) is 5.02 Å². The van der Waals surface area contributed by atoms with E-state index < -0.39 is 0 Å². The van der Waals surface area contributed by atoms with E-state index in [0.717, 1.165) is 10.7 Å². The van der Waals surface area contributed by atoms with Gasteiger partial charge in [-0.25, -0.2) is 4.98 Å². The summed E-state index contributed by atoms with van der Waals surface area (Å²) < 4.78 is 0. The second-order valence-electron chi connectivity index (χ2n) is 1.93. The molecular weight excluding hydrogens is 182 g/mol. The third kappa shape index (κ3) is 1.15. The summed E-state index contributed by atoms with van der Waals surface area (Å²) in [5, 5.41) is 9.94. The molecule has 2 heterocycles. The third-order valence-corrected chi connectivity index (χ3v) is 2.32. The summed E-state index contributed by atoms with van der Waals surface area (Å²) in [7, 11) is 0. The maximum absolute atomic E-state index is 5.80. The molecule has 0 aromatic carbocycles. The van der Waals surface area contributed by atoms with E-state index in [1.54, 1.807) is 12.4 Å². The lowest BCUT2D eigenvalue weighted by Gasteiger charge is -1.87. The predicted octanol–water partition coefficient (Wildman–Crippen LogP) is 2.19. The number of halogens is 1. The van der Waals surface area contributed by atoms with Gasteiger partial charge in [-0.05, 0) is 0 Å². The number of hydrogen-bond donors (Lipinski definition) is 1. The van der Waals surface area contributed by atoms with Crippen LogP contribution in [0, 0.1) is 0 Å². The molecule has 0 radical (unpaired) electrons. The molecule has 5 heteroatoms. The summed E-state index contributed by atoms with van der Waals surface area (Å²) in [6.07, 6.45) is 3.30. The SMILES string of the molecule is Clc1cn[nH]c1-c1nccs1. The molecule has 11 heavy (non-hydrogen) atoms. The van der Waals surface area contributed by atoms with Crippen LogP contribution in [0.5, 0.6) is 0 Å². The number of thiazole rings is 1. The van der Waals surface area contributed by atoms with Gasteiger partial charge in [-0.2, -0.15) is 5.10 Å². The second kappa shape index (κ2) is 2.64. The minimum atomic E-state index is 0.611. The van der Waals surface area contributed by atoms with E-state index in [9.17, 15) is 0 Å². The quantitative estimate of drug-likeness (QED) is 0.740. The summed E-state index contributed by atoms with van der Waals surface area (Å²) in [5.41, 5.74) is 0.793. The van der Waals surface area contributed by atoms with Gasteiger partial charge in [0.25, 0.3) is 0 Å². The maximum Gasteiger partial charge on any atom is 0.142 e. The Morgan fingerprint density at radius 1 is 1.55 bits per heavy atom. The van der Waals surface area contributed by atoms with E-state index in [2.05, 4.69) is 15.2 Å². The third-order valence-electron chi connectivity index (χ3n) is 1.24. The number of nitrogens with one attached hydrogen (secondary N) is 1. The zero-order chi connectivity index (χ0) is 7.68. The molecule has 0 aliphatic heterocycles. The van der Waals surface area contributed by atoms with Crippen LogP contribution in [0.15, 0.2) is 17.8 Å². The van der Waals surface area contributed by atoms with Crippen molar-refractivity contribution < 1.29 is 0 Å². The van der Waals surface area contributed by atoms with Crippen molar-refractivity contribution in [2.75, 3.05) is 0 Å². The maximum atomic E-state index is 5.80. The van der Waals surface area contributed by atoms with Crippen molar-refractivity contribution in [3.63, 3.8) is 0 Å². The van der Waals surface area contributed by atoms with Gasteiger partial charge in [0.15, 0.2) is 0 Å². The Bertz CT molecular complexity index is 340. The van der Waals surface area contributed by atoms with Crippen LogP contribution in [0.25, 0.3) is 10.7 Å². The van der Waals surface area contributed by atoms with Crippen LogP contribution in [0.3, 0.4) is 0 Å². The molecule has 0 saturated heterocycles. The fraction of sp³-hybridized carbons (Fsp3) is 0. The van der Waals surface area contributed by atoms with Crippen molar-refractivity contribution in [1.82, 2.24) is 15.2 Å². The van der Waals surface area contributed by atoms with Gasteiger partial charge in [-0.3, -0.25) is 5.10 Å². The Morgan fingerprint density at radius 3 is 3.00 bits per heavy atom. The van der Waals surface area contributed by atoms with E-state index in [1.165, 1.54) is 11.3 Å². The van der Waals surface area contributed by atoms with Gasteiger partial charge in [0.2, 0.25) is 0 Å². The number of nitrogens with zero attached hydrogens (tertiary/aromatic N) is 2. The Labute approximate surface area is 72.0 Å². The first-order valence-corrected chi connectivity index (χ1v) is 4.22. The van der Waals surface area contributed by atoms with Gasteiger partial charge in [-0.15, -0.1) is 11.3 Å². The first kappa shape index (κ1) is 6.82. The van der Waals surface area contributed by atoms with Gasteiger partial charge in [0, 0.05) is 11.6 Å². The topological polar surface area (TPSA) is 41.6 Å².